The van der Waals surface area contributed by atoms with E-state index >= 15 is 0 Å². The molecule has 5 heteroatoms. The second kappa shape index (κ2) is 4.47. The third-order valence-electron chi connectivity index (χ3n) is 4.01. The maximum absolute atomic E-state index is 12.6. The number of rotatable bonds is 1. The van der Waals surface area contributed by atoms with Crippen LogP contribution < -0.4 is 0 Å². The van der Waals surface area contributed by atoms with Crippen molar-refractivity contribution < 1.29 is 13.2 Å². The van der Waals surface area contributed by atoms with Crippen LogP contribution in [0.4, 0.5) is 13.2 Å². The van der Waals surface area contributed by atoms with Gasteiger partial charge in [0.05, 0.1) is 17.0 Å². The van der Waals surface area contributed by atoms with Crippen LogP contribution in [0.15, 0.2) is 48.5 Å². The summed E-state index contributed by atoms with van der Waals surface area (Å²) in [5, 5.41) is 7.31. The first-order chi connectivity index (χ1) is 10.5. The summed E-state index contributed by atoms with van der Waals surface area (Å²) < 4.78 is 37.9. The monoisotopic (exact) mass is 300 g/mol. The topological polar surface area (TPSA) is 28.7 Å². The Kier molecular flexibility index (Phi) is 2.66. The molecule has 110 valence electrons. The van der Waals surface area contributed by atoms with Gasteiger partial charge < -0.3 is 0 Å². The normalized spacial score (nSPS) is 13.0. The van der Waals surface area contributed by atoms with E-state index in [0.717, 1.165) is 41.1 Å². The van der Waals surface area contributed by atoms with Gasteiger partial charge in [-0.25, -0.2) is 0 Å². The van der Waals surface area contributed by atoms with Gasteiger partial charge in [0.2, 0.25) is 0 Å². The van der Waals surface area contributed by atoms with Crippen LogP contribution in [0.2, 0.25) is 0 Å². The summed E-state index contributed by atoms with van der Waals surface area (Å²) in [5.41, 5.74) is 5.10. The molecule has 0 saturated heterocycles. The van der Waals surface area contributed by atoms with E-state index in [2.05, 4.69) is 16.3 Å². The van der Waals surface area contributed by atoms with Gasteiger partial charge in [-0.15, -0.1) is 0 Å². The lowest BCUT2D eigenvalue weighted by molar-refractivity contribution is -0.137. The van der Waals surface area contributed by atoms with Crippen molar-refractivity contribution in [3.63, 3.8) is 0 Å². The average Bonchev–Trinajstić information content (AvgIpc) is 3.05. The molecule has 0 amide bonds. The van der Waals surface area contributed by atoms with Crippen LogP contribution in [0.25, 0.3) is 22.5 Å². The van der Waals surface area contributed by atoms with Gasteiger partial charge in [-0.05, 0) is 17.7 Å². The molecule has 0 aliphatic heterocycles. The summed E-state index contributed by atoms with van der Waals surface area (Å²) in [5.74, 6) is 0. The number of aromatic amines is 1. The highest BCUT2D eigenvalue weighted by atomic mass is 19.4. The number of halogens is 3. The zero-order valence-electron chi connectivity index (χ0n) is 11.4. The lowest BCUT2D eigenvalue weighted by atomic mass is 10.0. The molecule has 0 spiro atoms. The van der Waals surface area contributed by atoms with E-state index in [1.807, 2.05) is 18.2 Å². The maximum atomic E-state index is 12.6. The molecular formula is C17H11F3N2. The van der Waals surface area contributed by atoms with Crippen molar-refractivity contribution in [3.05, 3.63) is 65.2 Å². The fourth-order valence-electron chi connectivity index (χ4n) is 2.92. The van der Waals surface area contributed by atoms with Crippen molar-refractivity contribution in [2.45, 2.75) is 12.6 Å². The molecule has 0 fully saturated rings. The Morgan fingerprint density at radius 1 is 0.955 bits per heavy atom. The Morgan fingerprint density at radius 3 is 2.41 bits per heavy atom. The van der Waals surface area contributed by atoms with E-state index in [9.17, 15) is 13.2 Å². The van der Waals surface area contributed by atoms with Gasteiger partial charge in [0, 0.05) is 23.1 Å². The largest absolute Gasteiger partial charge is 0.416 e. The van der Waals surface area contributed by atoms with E-state index in [1.54, 1.807) is 0 Å². The number of H-pyrrole nitrogens is 1. The molecule has 0 atom stereocenters. The molecule has 1 heterocycles. The van der Waals surface area contributed by atoms with Gasteiger partial charge in [-0.2, -0.15) is 18.3 Å². The predicted octanol–water partition coefficient (Wildman–Crippen LogP) is 4.67. The zero-order chi connectivity index (χ0) is 15.3. The minimum absolute atomic E-state index is 0.647. The molecule has 2 aromatic carbocycles. The third-order valence-corrected chi connectivity index (χ3v) is 4.01. The second-order valence-electron chi connectivity index (χ2n) is 5.33. The lowest BCUT2D eigenvalue weighted by Crippen LogP contribution is -2.04. The number of alkyl halides is 3. The van der Waals surface area contributed by atoms with Gasteiger partial charge in [0.25, 0.3) is 0 Å². The molecule has 0 radical (unpaired) electrons. The van der Waals surface area contributed by atoms with Crippen LogP contribution in [0, 0.1) is 0 Å². The van der Waals surface area contributed by atoms with Crippen molar-refractivity contribution in [2.24, 2.45) is 0 Å². The van der Waals surface area contributed by atoms with Crippen molar-refractivity contribution >= 4 is 0 Å². The molecule has 1 aliphatic carbocycles. The molecule has 22 heavy (non-hydrogen) atoms. The minimum Gasteiger partial charge on any atom is -0.277 e. The van der Waals surface area contributed by atoms with E-state index in [4.69, 9.17) is 0 Å². The zero-order valence-corrected chi connectivity index (χ0v) is 11.4. The fraction of sp³-hybridized carbons (Fsp3) is 0.118. The molecule has 0 bridgehead atoms. The van der Waals surface area contributed by atoms with Crippen molar-refractivity contribution in [1.29, 1.82) is 0 Å². The lowest BCUT2D eigenvalue weighted by Gasteiger charge is -2.07. The molecule has 1 N–H and O–H groups in total. The summed E-state index contributed by atoms with van der Waals surface area (Å²) in [6.07, 6.45) is -3.57. The summed E-state index contributed by atoms with van der Waals surface area (Å²) in [6, 6.07) is 13.2. The molecular weight excluding hydrogens is 289 g/mol. The Morgan fingerprint density at radius 2 is 1.68 bits per heavy atom. The highest BCUT2D eigenvalue weighted by molar-refractivity contribution is 5.80. The first kappa shape index (κ1) is 13.1. The number of hydrogen-bond acceptors (Lipinski definition) is 1. The van der Waals surface area contributed by atoms with E-state index in [0.29, 0.717) is 5.56 Å². The number of hydrogen-bond donors (Lipinski definition) is 1. The molecule has 0 saturated carbocycles. The van der Waals surface area contributed by atoms with Crippen molar-refractivity contribution in [2.75, 3.05) is 0 Å². The minimum atomic E-state index is -4.32. The van der Waals surface area contributed by atoms with Gasteiger partial charge in [0.1, 0.15) is 0 Å². The predicted molar refractivity (Wildman–Crippen MR) is 77.3 cm³/mol. The number of nitrogens with one attached hydrogen (secondary N) is 1. The van der Waals surface area contributed by atoms with E-state index < -0.39 is 11.7 Å². The summed E-state index contributed by atoms with van der Waals surface area (Å²) in [7, 11) is 0. The number of fused-ring (bicyclic) bond motifs is 3. The van der Waals surface area contributed by atoms with Gasteiger partial charge in [-0.1, -0.05) is 36.4 Å². The number of nitrogens with zero attached hydrogens (tertiary/aromatic N) is 1. The van der Waals surface area contributed by atoms with Crippen LogP contribution in [-0.4, -0.2) is 10.2 Å². The Hall–Kier alpha value is -2.56. The van der Waals surface area contributed by atoms with Crippen LogP contribution in [0.3, 0.4) is 0 Å². The highest BCUT2D eigenvalue weighted by Gasteiger charge is 2.30. The summed E-state index contributed by atoms with van der Waals surface area (Å²) in [4.78, 5) is 0. The van der Waals surface area contributed by atoms with Crippen LogP contribution in [-0.2, 0) is 12.6 Å². The average molecular weight is 300 g/mol. The standard InChI is InChI=1S/C17H11F3N2/c18-17(19,20)12-7-5-10(6-8-12)15-14-9-11-3-1-2-4-13(11)16(14)22-21-15/h1-8H,9H2,(H,21,22). The van der Waals surface area contributed by atoms with Gasteiger partial charge in [-0.3, -0.25) is 5.10 Å². The van der Waals surface area contributed by atoms with Crippen LogP contribution in [0.5, 0.6) is 0 Å². The van der Waals surface area contributed by atoms with Crippen LogP contribution >= 0.6 is 0 Å². The molecule has 0 unspecified atom stereocenters. The Balaban J connectivity index is 1.76. The van der Waals surface area contributed by atoms with E-state index in [-0.39, 0.29) is 0 Å². The first-order valence-corrected chi connectivity index (χ1v) is 6.87. The van der Waals surface area contributed by atoms with E-state index in [1.165, 1.54) is 17.7 Å². The van der Waals surface area contributed by atoms with Crippen LogP contribution in [0.1, 0.15) is 16.7 Å². The summed E-state index contributed by atoms with van der Waals surface area (Å²) >= 11 is 0. The Bertz CT molecular complexity index is 845. The SMILES string of the molecule is FC(F)(F)c1ccc(-c2n[nH]c3c2Cc2ccccc2-3)cc1. The first-order valence-electron chi connectivity index (χ1n) is 6.87. The molecule has 1 aromatic heterocycles. The second-order valence-corrected chi connectivity index (χ2v) is 5.33. The van der Waals surface area contributed by atoms with Crippen molar-refractivity contribution in [1.82, 2.24) is 10.2 Å². The third kappa shape index (κ3) is 1.93. The number of benzene rings is 2. The number of aromatic nitrogens is 2. The molecule has 3 aromatic rings. The quantitative estimate of drug-likeness (QED) is 0.544. The molecule has 1 aliphatic rings. The van der Waals surface area contributed by atoms with Gasteiger partial charge >= 0.3 is 6.18 Å². The summed E-state index contributed by atoms with van der Waals surface area (Å²) in [6.45, 7) is 0. The molecule has 4 rings (SSSR count). The molecule has 2 nitrogen and oxygen atoms in total. The Labute approximate surface area is 124 Å². The van der Waals surface area contributed by atoms with Gasteiger partial charge in [0.15, 0.2) is 0 Å². The maximum Gasteiger partial charge on any atom is 0.416 e. The van der Waals surface area contributed by atoms with Crippen molar-refractivity contribution in [3.8, 4) is 22.5 Å². The fourth-order valence-corrected chi connectivity index (χ4v) is 2.92. The highest BCUT2D eigenvalue weighted by Crippen LogP contribution is 2.40. The smallest absolute Gasteiger partial charge is 0.277 e.